The fraction of sp³-hybridized carbons (Fsp3) is 0.100. The second-order valence-corrected chi connectivity index (χ2v) is 9.42. The SMILES string of the molecule is Cc1ccc(Sc2oc(-c3ccc(F)cc3)nc2-c2ccc(S(C)(=O)=O)nn2)nc1. The van der Waals surface area contributed by atoms with Crippen molar-refractivity contribution >= 4 is 21.6 Å². The zero-order chi connectivity index (χ0) is 21.3. The molecule has 0 saturated carbocycles. The molecule has 0 saturated heterocycles. The van der Waals surface area contributed by atoms with E-state index in [0.29, 0.717) is 27.1 Å². The first kappa shape index (κ1) is 20.2. The number of nitrogens with zero attached hydrogens (tertiary/aromatic N) is 4. The quantitative estimate of drug-likeness (QED) is 0.454. The smallest absolute Gasteiger partial charge is 0.228 e. The van der Waals surface area contributed by atoms with Crippen LogP contribution in [0.3, 0.4) is 0 Å². The molecule has 0 bridgehead atoms. The molecule has 0 N–H and O–H groups in total. The van der Waals surface area contributed by atoms with Crippen LogP contribution in [0.25, 0.3) is 22.8 Å². The Morgan fingerprint density at radius 3 is 2.37 bits per heavy atom. The normalized spacial score (nSPS) is 11.6. The molecule has 3 heterocycles. The highest BCUT2D eigenvalue weighted by molar-refractivity contribution is 7.99. The highest BCUT2D eigenvalue weighted by Gasteiger charge is 2.20. The van der Waals surface area contributed by atoms with Crippen molar-refractivity contribution in [1.82, 2.24) is 20.2 Å². The van der Waals surface area contributed by atoms with Crippen LogP contribution >= 0.6 is 11.8 Å². The summed E-state index contributed by atoms with van der Waals surface area (Å²) in [5, 5.41) is 8.75. The van der Waals surface area contributed by atoms with Crippen molar-refractivity contribution in [2.24, 2.45) is 0 Å². The van der Waals surface area contributed by atoms with Gasteiger partial charge in [-0.05, 0) is 66.7 Å². The Morgan fingerprint density at radius 1 is 1.00 bits per heavy atom. The summed E-state index contributed by atoms with van der Waals surface area (Å²) < 4.78 is 42.5. The molecule has 10 heteroatoms. The monoisotopic (exact) mass is 442 g/mol. The minimum Gasteiger partial charge on any atom is -0.429 e. The molecule has 152 valence electrons. The van der Waals surface area contributed by atoms with Gasteiger partial charge in [-0.15, -0.1) is 10.2 Å². The van der Waals surface area contributed by atoms with Crippen LogP contribution in [0.1, 0.15) is 5.56 Å². The first-order chi connectivity index (χ1) is 14.3. The number of benzene rings is 1. The molecule has 0 spiro atoms. The number of aryl methyl sites for hydroxylation is 1. The van der Waals surface area contributed by atoms with Crippen LogP contribution in [0.5, 0.6) is 0 Å². The van der Waals surface area contributed by atoms with E-state index >= 15 is 0 Å². The fourth-order valence-electron chi connectivity index (χ4n) is 2.51. The van der Waals surface area contributed by atoms with Gasteiger partial charge in [0.2, 0.25) is 5.89 Å². The van der Waals surface area contributed by atoms with Crippen LogP contribution in [0, 0.1) is 12.7 Å². The van der Waals surface area contributed by atoms with Crippen LogP contribution in [0.15, 0.2) is 74.3 Å². The van der Waals surface area contributed by atoms with Gasteiger partial charge in [0.05, 0.1) is 0 Å². The van der Waals surface area contributed by atoms with Gasteiger partial charge in [0, 0.05) is 18.0 Å². The standard InChI is InChI=1S/C20H15FN4O3S2/c1-12-3-9-16(22-11-12)29-20-18(15-8-10-17(25-24-15)30(2,26)27)23-19(28-20)13-4-6-14(21)7-5-13/h3-11H,1-2H3. The molecule has 4 aromatic rings. The summed E-state index contributed by atoms with van der Waals surface area (Å²) in [7, 11) is -3.47. The Hall–Kier alpha value is -3.11. The van der Waals surface area contributed by atoms with Gasteiger partial charge in [-0.2, -0.15) is 0 Å². The molecule has 0 atom stereocenters. The van der Waals surface area contributed by atoms with Gasteiger partial charge in [0.25, 0.3) is 0 Å². The molecule has 30 heavy (non-hydrogen) atoms. The highest BCUT2D eigenvalue weighted by Crippen LogP contribution is 2.37. The third-order valence-corrected chi connectivity index (χ3v) is 5.92. The summed E-state index contributed by atoms with van der Waals surface area (Å²) in [6.45, 7) is 1.94. The van der Waals surface area contributed by atoms with Gasteiger partial charge in [0.1, 0.15) is 22.2 Å². The molecule has 1 aromatic carbocycles. The summed E-state index contributed by atoms with van der Waals surface area (Å²) in [6.07, 6.45) is 2.80. The Morgan fingerprint density at radius 2 is 1.77 bits per heavy atom. The van der Waals surface area contributed by atoms with Crippen LogP contribution in [0.4, 0.5) is 4.39 Å². The Bertz CT molecular complexity index is 1290. The number of oxazole rings is 1. The van der Waals surface area contributed by atoms with Gasteiger partial charge in [-0.3, -0.25) is 0 Å². The molecule has 0 aliphatic heterocycles. The zero-order valence-electron chi connectivity index (χ0n) is 15.9. The largest absolute Gasteiger partial charge is 0.429 e. The van der Waals surface area contributed by atoms with Crippen LogP contribution < -0.4 is 0 Å². The van der Waals surface area contributed by atoms with Crippen LogP contribution in [-0.4, -0.2) is 34.8 Å². The van der Waals surface area contributed by atoms with Crippen molar-refractivity contribution in [3.8, 4) is 22.8 Å². The van der Waals surface area contributed by atoms with E-state index in [1.54, 1.807) is 18.3 Å². The number of hydrogen-bond acceptors (Lipinski definition) is 8. The lowest BCUT2D eigenvalue weighted by molar-refractivity contribution is 0.485. The second-order valence-electron chi connectivity index (χ2n) is 6.47. The topological polar surface area (TPSA) is 98.8 Å². The molecule has 0 unspecified atom stereocenters. The lowest BCUT2D eigenvalue weighted by atomic mass is 10.2. The molecule has 0 amide bonds. The molecule has 3 aromatic heterocycles. The van der Waals surface area contributed by atoms with Crippen molar-refractivity contribution in [1.29, 1.82) is 0 Å². The predicted octanol–water partition coefficient (Wildman–Crippen LogP) is 4.20. The maximum atomic E-state index is 13.3. The van der Waals surface area contributed by atoms with E-state index in [-0.39, 0.29) is 16.7 Å². The lowest BCUT2D eigenvalue weighted by Crippen LogP contribution is -2.02. The van der Waals surface area contributed by atoms with Gasteiger partial charge >= 0.3 is 0 Å². The van der Waals surface area contributed by atoms with Gasteiger partial charge in [-0.1, -0.05) is 6.07 Å². The first-order valence-electron chi connectivity index (χ1n) is 8.71. The number of pyridine rings is 1. The molecule has 0 aliphatic rings. The minimum atomic E-state index is -3.47. The zero-order valence-corrected chi connectivity index (χ0v) is 17.5. The third kappa shape index (κ3) is 4.39. The van der Waals surface area contributed by atoms with Gasteiger partial charge in [-0.25, -0.2) is 22.8 Å². The van der Waals surface area contributed by atoms with E-state index in [9.17, 15) is 12.8 Å². The molecule has 0 aliphatic carbocycles. The number of rotatable bonds is 5. The van der Waals surface area contributed by atoms with Crippen LogP contribution in [0.2, 0.25) is 0 Å². The van der Waals surface area contributed by atoms with E-state index in [1.807, 2.05) is 19.1 Å². The third-order valence-electron chi connectivity index (χ3n) is 4.03. The molecular weight excluding hydrogens is 427 g/mol. The fourth-order valence-corrected chi connectivity index (χ4v) is 3.81. The maximum absolute atomic E-state index is 13.3. The summed E-state index contributed by atoms with van der Waals surface area (Å²) in [4.78, 5) is 8.85. The van der Waals surface area contributed by atoms with E-state index < -0.39 is 9.84 Å². The summed E-state index contributed by atoms with van der Waals surface area (Å²) in [5.41, 5.74) is 2.33. The molecular formula is C20H15FN4O3S2. The maximum Gasteiger partial charge on any atom is 0.228 e. The molecule has 0 radical (unpaired) electrons. The van der Waals surface area contributed by atoms with Crippen molar-refractivity contribution < 1.29 is 17.2 Å². The number of halogens is 1. The number of hydrogen-bond donors (Lipinski definition) is 0. The van der Waals surface area contributed by atoms with E-state index in [4.69, 9.17) is 4.42 Å². The summed E-state index contributed by atoms with van der Waals surface area (Å²) >= 11 is 1.25. The van der Waals surface area contributed by atoms with Crippen molar-refractivity contribution in [2.45, 2.75) is 22.1 Å². The van der Waals surface area contributed by atoms with Crippen LogP contribution in [-0.2, 0) is 9.84 Å². The lowest BCUT2D eigenvalue weighted by Gasteiger charge is -2.01. The summed E-state index contributed by atoms with van der Waals surface area (Å²) in [5.74, 6) is -0.0974. The average molecular weight is 442 g/mol. The number of sulfone groups is 1. The Balaban J connectivity index is 1.78. The van der Waals surface area contributed by atoms with E-state index in [2.05, 4.69) is 20.2 Å². The molecule has 0 fully saturated rings. The highest BCUT2D eigenvalue weighted by atomic mass is 32.2. The Kier molecular flexibility index (Phi) is 5.35. The molecule has 4 rings (SSSR count). The first-order valence-corrected chi connectivity index (χ1v) is 11.4. The van der Waals surface area contributed by atoms with Crippen molar-refractivity contribution in [2.75, 3.05) is 6.26 Å². The van der Waals surface area contributed by atoms with E-state index in [0.717, 1.165) is 11.8 Å². The minimum absolute atomic E-state index is 0.136. The Labute approximate surface area is 176 Å². The number of aromatic nitrogens is 4. The van der Waals surface area contributed by atoms with Gasteiger partial charge in [0.15, 0.2) is 20.0 Å². The van der Waals surface area contributed by atoms with E-state index in [1.165, 1.54) is 36.0 Å². The molecule has 7 nitrogen and oxygen atoms in total. The second kappa shape index (κ2) is 7.96. The summed E-state index contributed by atoms with van der Waals surface area (Å²) in [6, 6.07) is 12.4. The van der Waals surface area contributed by atoms with Crippen molar-refractivity contribution in [3.63, 3.8) is 0 Å². The van der Waals surface area contributed by atoms with Gasteiger partial charge < -0.3 is 4.42 Å². The average Bonchev–Trinajstić information content (AvgIpc) is 3.13. The predicted molar refractivity (Wildman–Crippen MR) is 109 cm³/mol. The van der Waals surface area contributed by atoms with Crippen molar-refractivity contribution in [3.05, 3.63) is 66.1 Å².